The summed E-state index contributed by atoms with van der Waals surface area (Å²) in [6.45, 7) is 24.5. The minimum Gasteiger partial charge on any atom is -0.507 e. The Bertz CT molecular complexity index is 4170. The lowest BCUT2D eigenvalue weighted by molar-refractivity contribution is -0.125. The molecule has 0 aromatic heterocycles. The molecular weight excluding hydrogens is 1340 g/mol. The van der Waals surface area contributed by atoms with Crippen LogP contribution < -0.4 is 29.6 Å². The van der Waals surface area contributed by atoms with E-state index in [0.717, 1.165) is 156 Å². The van der Waals surface area contributed by atoms with Crippen molar-refractivity contribution in [2.24, 2.45) is 29.6 Å². The number of phenols is 1. The molecule has 9 atom stereocenters. The van der Waals surface area contributed by atoms with Crippen LogP contribution in [0.1, 0.15) is 168 Å². The number of carbonyl (C=O) groups excluding carboxylic acids is 6. The fourth-order valence-electron chi connectivity index (χ4n) is 16.7. The van der Waals surface area contributed by atoms with Crippen molar-refractivity contribution in [1.29, 1.82) is 0 Å². The van der Waals surface area contributed by atoms with Crippen LogP contribution in [0.25, 0.3) is 0 Å². The fraction of sp³-hybridized carbons (Fsp3) is 0.407. The lowest BCUT2D eigenvalue weighted by Crippen LogP contribution is -2.56. The third-order valence-corrected chi connectivity index (χ3v) is 23.3. The summed E-state index contributed by atoms with van der Waals surface area (Å²) in [6.07, 6.45) is 6.40. The largest absolute Gasteiger partial charge is 0.507 e. The zero-order valence-electron chi connectivity index (χ0n) is 63.0. The first-order valence-electron chi connectivity index (χ1n) is 38.5. The second-order valence-electron chi connectivity index (χ2n) is 30.9. The molecule has 5 fully saturated rings. The second kappa shape index (κ2) is 35.1. The van der Waals surface area contributed by atoms with Crippen molar-refractivity contribution in [3.63, 3.8) is 0 Å². The first kappa shape index (κ1) is 77.2. The van der Waals surface area contributed by atoms with E-state index >= 15 is 0 Å². The number of phenolic OH excluding ortho intramolecular Hbond substituents is 1. The molecule has 0 radical (unpaired) electrons. The highest BCUT2D eigenvalue weighted by atomic mass is 16.5. The average molecular weight is 1440 g/mol. The molecule has 3 N–H and O–H groups in total. The van der Waals surface area contributed by atoms with Crippen molar-refractivity contribution in [1.82, 2.24) is 25.3 Å². The van der Waals surface area contributed by atoms with Gasteiger partial charge in [-0.2, -0.15) is 0 Å². The summed E-state index contributed by atoms with van der Waals surface area (Å²) >= 11 is 0. The van der Waals surface area contributed by atoms with E-state index in [1.165, 1.54) is 29.7 Å². The number of likely N-dealkylation sites (tertiary alicyclic amines) is 3. The van der Waals surface area contributed by atoms with Crippen molar-refractivity contribution >= 4 is 34.7 Å². The number of benzene rings is 8. The number of ketones is 6. The Morgan fingerprint density at radius 1 is 0.393 bits per heavy atom. The third-order valence-electron chi connectivity index (χ3n) is 23.3. The van der Waals surface area contributed by atoms with E-state index in [4.69, 9.17) is 24.1 Å². The van der Waals surface area contributed by atoms with Gasteiger partial charge in [0.05, 0.1) is 53.5 Å². The molecule has 107 heavy (non-hydrogen) atoms. The van der Waals surface area contributed by atoms with Gasteiger partial charge in [0.15, 0.2) is 28.9 Å². The third kappa shape index (κ3) is 18.8. The molecule has 0 amide bonds. The number of piperidine rings is 5. The molecule has 9 heterocycles. The molecule has 9 aliphatic rings. The summed E-state index contributed by atoms with van der Waals surface area (Å²) in [4.78, 5) is 79.0. The minimum absolute atomic E-state index is 0.0509. The van der Waals surface area contributed by atoms with Crippen molar-refractivity contribution in [2.75, 3.05) is 65.4 Å². The Hall–Kier alpha value is -9.42. The number of Topliss-reactive ketones (excluding diaryl/α,β-unsaturated/α-hetero) is 6. The predicted octanol–water partition coefficient (Wildman–Crippen LogP) is 15.6. The summed E-state index contributed by atoms with van der Waals surface area (Å²) in [7, 11) is 0. The molecule has 4 spiro atoms. The van der Waals surface area contributed by atoms with Crippen LogP contribution in [0.5, 0.6) is 28.7 Å². The van der Waals surface area contributed by atoms with Gasteiger partial charge in [0.2, 0.25) is 0 Å². The number of hydrogen-bond donors (Lipinski definition) is 3. The standard InChI is InChI=1S/2C21H23NO2.2C14H17NO2.C13H17NO.C8H8O2/c2*1-16-14-22(15-17-7-3-2-4-8-17)12-11-21(16)13-19(23)18-9-5-6-10-20(18)24-21;2*1-10-9-15-7-6-14(10)8-12(16)11-4-2-3-5-13(11)17-14;1-11-9-14(8-7-13(11)15)10-12-5-3-2-4-6-12;1-6(9)7-4-2-3-5-8(7)10/h2*2-10,16H,11-15H2,1H3;2*2-5,10,15H,6-9H2,1H3;2-6,11H,7-10H2,1H3;2-5,10H,1H3. The van der Waals surface area contributed by atoms with Gasteiger partial charge < -0.3 is 34.7 Å². The Balaban J connectivity index is 0.000000123. The van der Waals surface area contributed by atoms with E-state index in [-0.39, 0.29) is 63.0 Å². The van der Waals surface area contributed by atoms with Crippen LogP contribution in [0.2, 0.25) is 0 Å². The molecule has 9 unspecified atom stereocenters. The van der Waals surface area contributed by atoms with Gasteiger partial charge in [-0.3, -0.25) is 43.5 Å². The summed E-state index contributed by atoms with van der Waals surface area (Å²) < 4.78 is 25.2. The molecule has 560 valence electrons. The van der Waals surface area contributed by atoms with E-state index in [9.17, 15) is 28.8 Å². The molecule has 5 saturated heterocycles. The topological polar surface area (TPSA) is 193 Å². The molecule has 8 aromatic rings. The highest BCUT2D eigenvalue weighted by Crippen LogP contribution is 2.46. The number of ether oxygens (including phenoxy) is 4. The van der Waals surface area contributed by atoms with Crippen molar-refractivity contribution < 1.29 is 52.8 Å². The summed E-state index contributed by atoms with van der Waals surface area (Å²) in [6, 6.07) is 68.6. The molecule has 0 bridgehead atoms. The Labute approximate surface area is 631 Å². The normalized spacial score (nSPS) is 26.3. The number of nitrogens with zero attached hydrogens (tertiary/aromatic N) is 3. The highest BCUT2D eigenvalue weighted by molar-refractivity contribution is 6.02. The van der Waals surface area contributed by atoms with E-state index in [2.05, 4.69) is 138 Å². The molecule has 17 rings (SSSR count). The van der Waals surface area contributed by atoms with Crippen LogP contribution >= 0.6 is 0 Å². The van der Waals surface area contributed by atoms with Crippen molar-refractivity contribution in [3.05, 3.63) is 257 Å². The summed E-state index contributed by atoms with van der Waals surface area (Å²) in [5.41, 5.74) is 6.11. The minimum atomic E-state index is -0.335. The van der Waals surface area contributed by atoms with E-state index in [1.807, 2.05) is 110 Å². The first-order chi connectivity index (χ1) is 51.7. The van der Waals surface area contributed by atoms with E-state index in [1.54, 1.807) is 18.2 Å². The van der Waals surface area contributed by atoms with Gasteiger partial charge in [-0.05, 0) is 97.4 Å². The lowest BCUT2D eigenvalue weighted by Gasteiger charge is -2.48. The number of fused-ring (bicyclic) bond motifs is 4. The van der Waals surface area contributed by atoms with E-state index in [0.29, 0.717) is 67.1 Å². The van der Waals surface area contributed by atoms with Crippen LogP contribution in [-0.4, -0.2) is 142 Å². The van der Waals surface area contributed by atoms with Gasteiger partial charge in [0.1, 0.15) is 56.9 Å². The van der Waals surface area contributed by atoms with Crippen LogP contribution in [0.4, 0.5) is 0 Å². The van der Waals surface area contributed by atoms with Gasteiger partial charge in [-0.25, -0.2) is 0 Å². The van der Waals surface area contributed by atoms with Crippen LogP contribution in [0, 0.1) is 29.6 Å². The number of rotatable bonds is 7. The van der Waals surface area contributed by atoms with Crippen LogP contribution in [0.15, 0.2) is 212 Å². The number of nitrogens with one attached hydrogen (secondary N) is 2. The first-order valence-corrected chi connectivity index (χ1v) is 38.5. The monoisotopic (exact) mass is 1440 g/mol. The average Bonchev–Trinajstić information content (AvgIpc) is 0.793. The molecule has 0 aliphatic carbocycles. The maximum absolute atomic E-state index is 12.6. The van der Waals surface area contributed by atoms with Crippen molar-refractivity contribution in [2.45, 2.75) is 141 Å². The zero-order chi connectivity index (χ0) is 75.1. The zero-order valence-corrected chi connectivity index (χ0v) is 63.0. The fourth-order valence-corrected chi connectivity index (χ4v) is 16.7. The van der Waals surface area contributed by atoms with Gasteiger partial charge >= 0.3 is 0 Å². The molecule has 9 aliphatic heterocycles. The maximum atomic E-state index is 12.6. The predicted molar refractivity (Wildman–Crippen MR) is 418 cm³/mol. The quantitative estimate of drug-likeness (QED) is 0.127. The molecule has 0 saturated carbocycles. The number of hydrogen-bond acceptors (Lipinski definition) is 16. The number of aromatic hydroxyl groups is 1. The van der Waals surface area contributed by atoms with Crippen LogP contribution in [-0.2, 0) is 24.4 Å². The van der Waals surface area contributed by atoms with E-state index < -0.39 is 0 Å². The number of para-hydroxylation sites is 5. The lowest BCUT2D eigenvalue weighted by atomic mass is 9.75. The Morgan fingerprint density at radius 3 is 1.01 bits per heavy atom. The SMILES string of the molecule is CC(=O)c1ccccc1O.CC1CN(Cc2ccccc2)CCC12CC(=O)c1ccccc1O2.CC1CN(Cc2ccccc2)CCC12CC(=O)c1ccccc1O2.CC1CN(Cc2ccccc2)CCC1=O.CC1CNCCC12CC(=O)c1ccccc1O2.CC1CNCCC12CC(=O)c1ccccc1O2. The highest BCUT2D eigenvalue weighted by Gasteiger charge is 2.51. The second-order valence-corrected chi connectivity index (χ2v) is 30.9. The van der Waals surface area contributed by atoms with Gasteiger partial charge in [-0.1, -0.05) is 186 Å². The summed E-state index contributed by atoms with van der Waals surface area (Å²) in [5.74, 6) is 5.89. The van der Waals surface area contributed by atoms with Gasteiger partial charge in [0.25, 0.3) is 0 Å². The van der Waals surface area contributed by atoms with Crippen molar-refractivity contribution in [3.8, 4) is 28.7 Å². The molecular formula is C91H105N5O11. The number of carbonyl (C=O) groups is 6. The smallest absolute Gasteiger partial charge is 0.170 e. The Morgan fingerprint density at radius 2 is 0.701 bits per heavy atom. The Kier molecular flexibility index (Phi) is 25.3. The molecule has 16 heteroatoms. The molecule has 8 aromatic carbocycles. The van der Waals surface area contributed by atoms with Gasteiger partial charge in [0, 0.05) is 134 Å². The summed E-state index contributed by atoms with van der Waals surface area (Å²) in [5, 5.41) is 15.8. The van der Waals surface area contributed by atoms with Crippen LogP contribution in [0.3, 0.4) is 0 Å². The maximum Gasteiger partial charge on any atom is 0.170 e. The van der Waals surface area contributed by atoms with Gasteiger partial charge in [-0.15, -0.1) is 0 Å². The molecule has 16 nitrogen and oxygen atoms in total.